The third kappa shape index (κ3) is 3.56. The van der Waals surface area contributed by atoms with Crippen molar-refractivity contribution in [2.24, 2.45) is 0 Å². The van der Waals surface area contributed by atoms with Gasteiger partial charge in [-0.25, -0.2) is 9.07 Å². The first-order valence-corrected chi connectivity index (χ1v) is 11.0. The molecule has 0 amide bonds. The minimum atomic E-state index is -1.14. The Labute approximate surface area is 131 Å². The molecule has 0 fully saturated rings. The zero-order valence-electron chi connectivity index (χ0n) is 13.6. The lowest BCUT2D eigenvalue weighted by Gasteiger charge is -2.15. The summed E-state index contributed by atoms with van der Waals surface area (Å²) in [6.45, 7) is 11.5. The van der Waals surface area contributed by atoms with Crippen LogP contribution in [-0.4, -0.2) is 31.6 Å². The maximum Gasteiger partial charge on any atom is 0.149 e. The topological polar surface area (TPSA) is 36.3 Å². The lowest BCUT2D eigenvalue weighted by atomic mass is 10.2. The van der Waals surface area contributed by atoms with Crippen LogP contribution in [0.1, 0.15) is 5.69 Å². The molecule has 0 spiro atoms. The number of rotatable bonds is 7. The van der Waals surface area contributed by atoms with Gasteiger partial charge in [0.1, 0.15) is 23.8 Å². The molecule has 6 heteroatoms. The van der Waals surface area contributed by atoms with Gasteiger partial charge in [-0.15, -0.1) is 0 Å². The molecule has 0 unspecified atom stereocenters. The molecule has 0 atom stereocenters. The molecule has 0 saturated carbocycles. The number of nitrogens with zero attached hydrogens (tertiary/aromatic N) is 2. The van der Waals surface area contributed by atoms with E-state index in [1.165, 1.54) is 10.7 Å². The second-order valence-electron chi connectivity index (χ2n) is 6.41. The van der Waals surface area contributed by atoms with E-state index >= 15 is 0 Å². The Morgan fingerprint density at radius 3 is 2.68 bits per heavy atom. The quantitative estimate of drug-likeness (QED) is 0.568. The fourth-order valence-electron chi connectivity index (χ4n) is 2.21. The van der Waals surface area contributed by atoms with Crippen molar-refractivity contribution in [2.75, 3.05) is 13.7 Å². The minimum absolute atomic E-state index is 0.221. The minimum Gasteiger partial charge on any atom is -0.496 e. The van der Waals surface area contributed by atoms with E-state index in [0.717, 1.165) is 6.04 Å². The van der Waals surface area contributed by atoms with E-state index in [0.29, 0.717) is 29.0 Å². The third-order valence-electron chi connectivity index (χ3n) is 3.46. The van der Waals surface area contributed by atoms with Crippen LogP contribution in [0.2, 0.25) is 25.7 Å². The Balaban J connectivity index is 2.29. The molecule has 2 aromatic rings. The molecule has 2 rings (SSSR count). The van der Waals surface area contributed by atoms with Gasteiger partial charge in [-0.1, -0.05) is 26.2 Å². The summed E-state index contributed by atoms with van der Waals surface area (Å²) in [7, 11) is 0.416. The number of methoxy groups -OCH3 is 1. The standard InChI is InChI=1S/C16H23FN2O2Si/c1-6-13-15-14(20-2)8-7-12(17)16(15)19(18-13)11-21-9-10-22(3,4)5/h6-8H,1,9-11H2,2-5H3. The van der Waals surface area contributed by atoms with Gasteiger partial charge in [0.25, 0.3) is 0 Å². The van der Waals surface area contributed by atoms with E-state index in [9.17, 15) is 4.39 Å². The zero-order valence-corrected chi connectivity index (χ0v) is 14.6. The smallest absolute Gasteiger partial charge is 0.149 e. The first kappa shape index (κ1) is 16.7. The lowest BCUT2D eigenvalue weighted by molar-refractivity contribution is 0.0812. The number of ether oxygens (including phenoxy) is 2. The van der Waals surface area contributed by atoms with E-state index in [2.05, 4.69) is 31.3 Å². The van der Waals surface area contributed by atoms with Gasteiger partial charge in [-0.2, -0.15) is 5.10 Å². The molecule has 1 aromatic heterocycles. The first-order valence-electron chi connectivity index (χ1n) is 7.30. The van der Waals surface area contributed by atoms with Gasteiger partial charge in [0.15, 0.2) is 0 Å². The Hall–Kier alpha value is -1.66. The van der Waals surface area contributed by atoms with Gasteiger partial charge >= 0.3 is 0 Å². The molecule has 1 aromatic carbocycles. The average Bonchev–Trinajstić information content (AvgIpc) is 2.83. The van der Waals surface area contributed by atoms with E-state index < -0.39 is 8.07 Å². The van der Waals surface area contributed by atoms with Crippen molar-refractivity contribution in [1.82, 2.24) is 9.78 Å². The summed E-state index contributed by atoms with van der Waals surface area (Å²) in [5, 5.41) is 5.01. The maximum absolute atomic E-state index is 14.2. The molecule has 0 radical (unpaired) electrons. The molecule has 1 heterocycles. The van der Waals surface area contributed by atoms with Crippen LogP contribution in [0.3, 0.4) is 0 Å². The van der Waals surface area contributed by atoms with Crippen molar-refractivity contribution in [1.29, 1.82) is 0 Å². The van der Waals surface area contributed by atoms with E-state index in [4.69, 9.17) is 9.47 Å². The lowest BCUT2D eigenvalue weighted by Crippen LogP contribution is -2.22. The van der Waals surface area contributed by atoms with E-state index in [-0.39, 0.29) is 12.5 Å². The van der Waals surface area contributed by atoms with Crippen molar-refractivity contribution in [2.45, 2.75) is 32.4 Å². The SMILES string of the molecule is C=Cc1nn(COCC[Si](C)(C)C)c2c(F)ccc(OC)c12. The molecule has 0 aliphatic carbocycles. The highest BCUT2D eigenvalue weighted by molar-refractivity contribution is 6.76. The highest BCUT2D eigenvalue weighted by Gasteiger charge is 2.18. The number of hydrogen-bond donors (Lipinski definition) is 0. The van der Waals surface area contributed by atoms with Crippen LogP contribution in [0.5, 0.6) is 5.75 Å². The summed E-state index contributed by atoms with van der Waals surface area (Å²) in [5.41, 5.74) is 0.988. The molecule has 0 aliphatic heterocycles. The van der Waals surface area contributed by atoms with Gasteiger partial charge in [0.05, 0.1) is 18.2 Å². The van der Waals surface area contributed by atoms with Crippen LogP contribution in [0.4, 0.5) is 4.39 Å². The fraction of sp³-hybridized carbons (Fsp3) is 0.438. The summed E-state index contributed by atoms with van der Waals surface area (Å²) in [4.78, 5) is 0. The monoisotopic (exact) mass is 322 g/mol. The molecule has 22 heavy (non-hydrogen) atoms. The summed E-state index contributed by atoms with van der Waals surface area (Å²) in [6, 6.07) is 4.04. The zero-order chi connectivity index (χ0) is 16.3. The molecule has 0 saturated heterocycles. The van der Waals surface area contributed by atoms with E-state index in [1.54, 1.807) is 19.3 Å². The fourth-order valence-corrected chi connectivity index (χ4v) is 2.97. The second kappa shape index (κ2) is 6.62. The second-order valence-corrected chi connectivity index (χ2v) is 12.0. The van der Waals surface area contributed by atoms with Gasteiger partial charge < -0.3 is 9.47 Å². The van der Waals surface area contributed by atoms with Crippen molar-refractivity contribution in [3.05, 3.63) is 30.2 Å². The highest BCUT2D eigenvalue weighted by Crippen LogP contribution is 2.31. The summed E-state index contributed by atoms with van der Waals surface area (Å²) in [6.07, 6.45) is 1.60. The number of hydrogen-bond acceptors (Lipinski definition) is 3. The summed E-state index contributed by atoms with van der Waals surface area (Å²) < 4.78 is 26.7. The maximum atomic E-state index is 14.2. The first-order chi connectivity index (χ1) is 10.4. The van der Waals surface area contributed by atoms with Crippen molar-refractivity contribution in [3.63, 3.8) is 0 Å². The molecule has 4 nitrogen and oxygen atoms in total. The molecular formula is C16H23FN2O2Si. The Bertz CT molecular complexity index is 677. The summed E-state index contributed by atoms with van der Waals surface area (Å²) in [5.74, 6) is 0.241. The Morgan fingerprint density at radius 1 is 1.36 bits per heavy atom. The predicted octanol–water partition coefficient (Wildman–Crippen LogP) is 4.14. The van der Waals surface area contributed by atoms with Gasteiger partial charge in [0.2, 0.25) is 0 Å². The van der Waals surface area contributed by atoms with Gasteiger partial charge in [0, 0.05) is 14.7 Å². The predicted molar refractivity (Wildman–Crippen MR) is 90.4 cm³/mol. The van der Waals surface area contributed by atoms with Crippen molar-refractivity contribution < 1.29 is 13.9 Å². The van der Waals surface area contributed by atoms with Crippen LogP contribution in [-0.2, 0) is 11.5 Å². The van der Waals surface area contributed by atoms with Crippen LogP contribution in [0.15, 0.2) is 18.7 Å². The normalized spacial score (nSPS) is 11.9. The van der Waals surface area contributed by atoms with Crippen LogP contribution < -0.4 is 4.74 Å². The molecule has 0 N–H and O–H groups in total. The van der Waals surface area contributed by atoms with Gasteiger partial charge in [-0.3, -0.25) is 0 Å². The van der Waals surface area contributed by atoms with Crippen molar-refractivity contribution >= 4 is 25.1 Å². The number of halogens is 1. The average molecular weight is 322 g/mol. The highest BCUT2D eigenvalue weighted by atomic mass is 28.3. The third-order valence-corrected chi connectivity index (χ3v) is 5.16. The summed E-state index contributed by atoms with van der Waals surface area (Å²) >= 11 is 0. The molecular weight excluding hydrogens is 299 g/mol. The van der Waals surface area contributed by atoms with Gasteiger partial charge in [-0.05, 0) is 24.3 Å². The number of aromatic nitrogens is 2. The molecule has 0 bridgehead atoms. The van der Waals surface area contributed by atoms with Crippen molar-refractivity contribution in [3.8, 4) is 5.75 Å². The largest absolute Gasteiger partial charge is 0.496 e. The molecule has 120 valence electrons. The molecule has 0 aliphatic rings. The number of benzene rings is 1. The number of fused-ring (bicyclic) bond motifs is 1. The Morgan fingerprint density at radius 2 is 2.09 bits per heavy atom. The van der Waals surface area contributed by atoms with Crippen LogP contribution in [0.25, 0.3) is 17.0 Å². The van der Waals surface area contributed by atoms with Crippen LogP contribution >= 0.6 is 0 Å². The van der Waals surface area contributed by atoms with Crippen LogP contribution in [0, 0.1) is 5.82 Å². The Kier molecular flexibility index (Phi) is 5.03. The van der Waals surface area contributed by atoms with E-state index in [1.807, 2.05) is 0 Å².